The zero-order valence-corrected chi connectivity index (χ0v) is 7.35. The molecule has 0 aliphatic heterocycles. The van der Waals surface area contributed by atoms with Crippen molar-refractivity contribution in [3.63, 3.8) is 0 Å². The molecule has 6 heteroatoms. The number of anilines is 1. The number of nitro benzene ring substituents is 1. The Labute approximate surface area is 78.4 Å². The number of rotatable bonds is 1. The van der Waals surface area contributed by atoms with Crippen LogP contribution in [0.3, 0.4) is 0 Å². The number of nitrogens with zero attached hydrogens (tertiary/aromatic N) is 2. The molecular weight excluding hydrogens is 186 g/mol. The van der Waals surface area contributed by atoms with Crippen molar-refractivity contribution in [1.29, 1.82) is 0 Å². The van der Waals surface area contributed by atoms with Gasteiger partial charge in [-0.2, -0.15) is 0 Å². The molecule has 0 bridgehead atoms. The van der Waals surface area contributed by atoms with Gasteiger partial charge in [-0.25, -0.2) is 0 Å². The lowest BCUT2D eigenvalue weighted by Gasteiger charge is -1.95. The van der Waals surface area contributed by atoms with Crippen molar-refractivity contribution in [2.45, 2.75) is 6.92 Å². The van der Waals surface area contributed by atoms with Crippen LogP contribution in [0, 0.1) is 17.0 Å². The Morgan fingerprint density at radius 2 is 2.29 bits per heavy atom. The molecule has 2 aromatic rings. The average molecular weight is 193 g/mol. The quantitative estimate of drug-likeness (QED) is 0.548. The van der Waals surface area contributed by atoms with Gasteiger partial charge in [-0.05, 0) is 13.0 Å². The minimum atomic E-state index is -0.457. The highest BCUT2D eigenvalue weighted by atomic mass is 16.6. The molecule has 0 saturated carbocycles. The van der Waals surface area contributed by atoms with Gasteiger partial charge in [0.15, 0.2) is 11.4 Å². The molecule has 0 spiro atoms. The van der Waals surface area contributed by atoms with Crippen LogP contribution in [-0.2, 0) is 0 Å². The van der Waals surface area contributed by atoms with Gasteiger partial charge >= 0.3 is 0 Å². The Hall–Kier alpha value is -2.11. The van der Waals surface area contributed by atoms with Crippen molar-refractivity contribution >= 4 is 22.5 Å². The van der Waals surface area contributed by atoms with Crippen LogP contribution in [0.4, 0.5) is 11.5 Å². The van der Waals surface area contributed by atoms with Gasteiger partial charge in [0.1, 0.15) is 0 Å². The smallest absolute Gasteiger partial charge is 0.273 e. The zero-order valence-electron chi connectivity index (χ0n) is 7.35. The minimum absolute atomic E-state index is 0.0207. The maximum atomic E-state index is 10.6. The third-order valence-corrected chi connectivity index (χ3v) is 2.01. The molecule has 1 heterocycles. The number of benzene rings is 1. The van der Waals surface area contributed by atoms with Crippen LogP contribution >= 0.6 is 0 Å². The van der Waals surface area contributed by atoms with E-state index in [1.807, 2.05) is 0 Å². The summed E-state index contributed by atoms with van der Waals surface area (Å²) in [4.78, 5) is 10.2. The van der Waals surface area contributed by atoms with Crippen LogP contribution in [0.1, 0.15) is 5.56 Å². The molecule has 0 amide bonds. The molecule has 6 nitrogen and oxygen atoms in total. The fourth-order valence-corrected chi connectivity index (χ4v) is 1.29. The maximum Gasteiger partial charge on any atom is 0.273 e. The van der Waals surface area contributed by atoms with Crippen LogP contribution in [-0.4, -0.2) is 10.1 Å². The van der Waals surface area contributed by atoms with E-state index >= 15 is 0 Å². The summed E-state index contributed by atoms with van der Waals surface area (Å²) in [6, 6.07) is 2.92. The molecule has 2 rings (SSSR count). The van der Waals surface area contributed by atoms with E-state index in [2.05, 4.69) is 5.16 Å². The number of hydrogen-bond donors (Lipinski definition) is 1. The number of aromatic nitrogens is 1. The second-order valence-corrected chi connectivity index (χ2v) is 2.96. The number of nitrogens with two attached hydrogens (primary N) is 1. The largest absolute Gasteiger partial charge is 0.380 e. The SMILES string of the molecule is Cc1cc2onc(N)c2cc1[N+](=O)[O-]. The van der Waals surface area contributed by atoms with E-state index in [0.717, 1.165) is 0 Å². The second kappa shape index (κ2) is 2.69. The minimum Gasteiger partial charge on any atom is -0.380 e. The van der Waals surface area contributed by atoms with E-state index in [1.165, 1.54) is 6.07 Å². The summed E-state index contributed by atoms with van der Waals surface area (Å²) in [7, 11) is 0. The number of aryl methyl sites for hydroxylation is 1. The fourth-order valence-electron chi connectivity index (χ4n) is 1.29. The van der Waals surface area contributed by atoms with Crippen molar-refractivity contribution in [2.75, 3.05) is 5.73 Å². The zero-order chi connectivity index (χ0) is 10.3. The summed E-state index contributed by atoms with van der Waals surface area (Å²) in [6.07, 6.45) is 0. The Morgan fingerprint density at radius 1 is 1.57 bits per heavy atom. The van der Waals surface area contributed by atoms with Gasteiger partial charge in [0.2, 0.25) is 0 Å². The van der Waals surface area contributed by atoms with Gasteiger partial charge < -0.3 is 10.3 Å². The summed E-state index contributed by atoms with van der Waals surface area (Å²) in [5, 5.41) is 14.6. The molecule has 0 saturated heterocycles. The fraction of sp³-hybridized carbons (Fsp3) is 0.125. The molecule has 2 N–H and O–H groups in total. The molecule has 0 aliphatic carbocycles. The number of fused-ring (bicyclic) bond motifs is 1. The van der Waals surface area contributed by atoms with Crippen molar-refractivity contribution in [3.8, 4) is 0 Å². The van der Waals surface area contributed by atoms with E-state index in [0.29, 0.717) is 16.5 Å². The van der Waals surface area contributed by atoms with Gasteiger partial charge in [0.25, 0.3) is 5.69 Å². The normalized spacial score (nSPS) is 10.6. The first kappa shape index (κ1) is 8.49. The molecule has 0 unspecified atom stereocenters. The van der Waals surface area contributed by atoms with E-state index in [-0.39, 0.29) is 11.5 Å². The van der Waals surface area contributed by atoms with Gasteiger partial charge in [-0.3, -0.25) is 10.1 Å². The number of hydrogen-bond acceptors (Lipinski definition) is 5. The van der Waals surface area contributed by atoms with E-state index < -0.39 is 4.92 Å². The third kappa shape index (κ3) is 1.08. The third-order valence-electron chi connectivity index (χ3n) is 2.01. The lowest BCUT2D eigenvalue weighted by Crippen LogP contribution is -1.91. The number of nitro groups is 1. The second-order valence-electron chi connectivity index (χ2n) is 2.96. The first-order chi connectivity index (χ1) is 6.59. The summed E-state index contributed by atoms with van der Waals surface area (Å²) >= 11 is 0. The molecule has 72 valence electrons. The van der Waals surface area contributed by atoms with Crippen LogP contribution < -0.4 is 5.73 Å². The average Bonchev–Trinajstić information content (AvgIpc) is 2.46. The maximum absolute atomic E-state index is 10.6. The summed E-state index contributed by atoms with van der Waals surface area (Å²) in [6.45, 7) is 1.64. The Morgan fingerprint density at radius 3 is 2.93 bits per heavy atom. The molecule has 0 radical (unpaired) electrons. The summed E-state index contributed by atoms with van der Waals surface area (Å²) < 4.78 is 4.87. The Bertz CT molecular complexity index is 518. The monoisotopic (exact) mass is 193 g/mol. The lowest BCUT2D eigenvalue weighted by molar-refractivity contribution is -0.385. The highest BCUT2D eigenvalue weighted by Gasteiger charge is 2.15. The highest BCUT2D eigenvalue weighted by Crippen LogP contribution is 2.28. The summed E-state index contributed by atoms with van der Waals surface area (Å²) in [5.74, 6) is 0.170. The molecule has 0 fully saturated rings. The first-order valence-electron chi connectivity index (χ1n) is 3.89. The van der Waals surface area contributed by atoms with Crippen LogP contribution in [0.25, 0.3) is 11.0 Å². The Kier molecular flexibility index (Phi) is 1.63. The van der Waals surface area contributed by atoms with Crippen LogP contribution in [0.5, 0.6) is 0 Å². The van der Waals surface area contributed by atoms with Crippen LogP contribution in [0.2, 0.25) is 0 Å². The van der Waals surface area contributed by atoms with E-state index in [4.69, 9.17) is 10.3 Å². The molecule has 14 heavy (non-hydrogen) atoms. The van der Waals surface area contributed by atoms with E-state index in [1.54, 1.807) is 13.0 Å². The van der Waals surface area contributed by atoms with Crippen molar-refractivity contribution in [1.82, 2.24) is 5.16 Å². The summed E-state index contributed by atoms with van der Waals surface area (Å²) in [5.41, 5.74) is 6.48. The topological polar surface area (TPSA) is 95.2 Å². The van der Waals surface area contributed by atoms with E-state index in [9.17, 15) is 10.1 Å². The predicted molar refractivity (Wildman–Crippen MR) is 49.8 cm³/mol. The molecule has 1 aromatic heterocycles. The van der Waals surface area contributed by atoms with Gasteiger partial charge in [0, 0.05) is 11.6 Å². The van der Waals surface area contributed by atoms with Gasteiger partial charge in [-0.1, -0.05) is 5.16 Å². The standard InChI is InChI=1S/C8H7N3O3/c1-4-2-7-5(8(9)10-14-7)3-6(4)11(12)13/h2-3H,1H3,(H2,9,10). The van der Waals surface area contributed by atoms with Gasteiger partial charge in [-0.15, -0.1) is 0 Å². The molecule has 0 aliphatic rings. The lowest BCUT2D eigenvalue weighted by atomic mass is 10.1. The molecule has 1 aromatic carbocycles. The molecular formula is C8H7N3O3. The Balaban J connectivity index is 2.80. The van der Waals surface area contributed by atoms with Crippen molar-refractivity contribution in [3.05, 3.63) is 27.8 Å². The first-order valence-corrected chi connectivity index (χ1v) is 3.89. The number of nitrogen functional groups attached to an aromatic ring is 1. The van der Waals surface area contributed by atoms with Gasteiger partial charge in [0.05, 0.1) is 10.3 Å². The highest BCUT2D eigenvalue weighted by molar-refractivity contribution is 5.89. The van der Waals surface area contributed by atoms with Crippen molar-refractivity contribution < 1.29 is 9.45 Å². The van der Waals surface area contributed by atoms with Crippen molar-refractivity contribution in [2.24, 2.45) is 0 Å². The predicted octanol–water partition coefficient (Wildman–Crippen LogP) is 1.63. The van der Waals surface area contributed by atoms with Crippen LogP contribution in [0.15, 0.2) is 16.7 Å². The molecule has 0 atom stereocenters.